The molecule has 1 nitrogen and oxygen atoms in total. The SMILES string of the molecule is Cc1ccc(F)c(Br)c1CCN. The molecular formula is C9H11BrFN. The van der Waals surface area contributed by atoms with E-state index in [2.05, 4.69) is 15.9 Å². The van der Waals surface area contributed by atoms with Crippen LogP contribution in [-0.2, 0) is 6.42 Å². The Morgan fingerprint density at radius 2 is 2.17 bits per heavy atom. The Morgan fingerprint density at radius 1 is 1.50 bits per heavy atom. The first kappa shape index (κ1) is 9.68. The van der Waals surface area contributed by atoms with Crippen molar-refractivity contribution in [2.45, 2.75) is 13.3 Å². The van der Waals surface area contributed by atoms with Gasteiger partial charge in [-0.1, -0.05) is 6.07 Å². The van der Waals surface area contributed by atoms with Crippen LogP contribution in [0.2, 0.25) is 0 Å². The topological polar surface area (TPSA) is 26.0 Å². The largest absolute Gasteiger partial charge is 0.330 e. The van der Waals surface area contributed by atoms with Crippen molar-refractivity contribution < 1.29 is 4.39 Å². The minimum Gasteiger partial charge on any atom is -0.330 e. The van der Waals surface area contributed by atoms with E-state index in [1.807, 2.05) is 6.92 Å². The Labute approximate surface area is 79.9 Å². The van der Waals surface area contributed by atoms with Crippen molar-refractivity contribution >= 4 is 15.9 Å². The summed E-state index contributed by atoms with van der Waals surface area (Å²) in [6.45, 7) is 2.50. The lowest BCUT2D eigenvalue weighted by molar-refractivity contribution is 0.617. The average molecular weight is 232 g/mol. The van der Waals surface area contributed by atoms with Crippen molar-refractivity contribution in [3.8, 4) is 0 Å². The third-order valence-electron chi connectivity index (χ3n) is 1.82. The molecule has 0 fully saturated rings. The van der Waals surface area contributed by atoms with Crippen LogP contribution >= 0.6 is 15.9 Å². The second-order valence-electron chi connectivity index (χ2n) is 2.70. The minimum absolute atomic E-state index is 0.218. The van der Waals surface area contributed by atoms with Crippen LogP contribution < -0.4 is 5.73 Å². The van der Waals surface area contributed by atoms with Crippen LogP contribution in [0.3, 0.4) is 0 Å². The molecule has 0 aliphatic rings. The summed E-state index contributed by atoms with van der Waals surface area (Å²) < 4.78 is 13.5. The van der Waals surface area contributed by atoms with Crippen molar-refractivity contribution in [3.05, 3.63) is 33.5 Å². The summed E-state index contributed by atoms with van der Waals surface area (Å²) in [5.41, 5.74) is 7.45. The number of benzene rings is 1. The second kappa shape index (κ2) is 4.01. The zero-order valence-electron chi connectivity index (χ0n) is 6.90. The van der Waals surface area contributed by atoms with Gasteiger partial charge in [0, 0.05) is 0 Å². The fourth-order valence-corrected chi connectivity index (χ4v) is 1.78. The number of aryl methyl sites for hydroxylation is 1. The standard InChI is InChI=1S/C9H11BrFN/c1-6-2-3-8(11)9(10)7(6)4-5-12/h2-3H,4-5,12H2,1H3. The molecule has 0 saturated carbocycles. The first-order valence-electron chi connectivity index (χ1n) is 3.80. The number of rotatable bonds is 2. The highest BCUT2D eigenvalue weighted by atomic mass is 79.9. The van der Waals surface area contributed by atoms with E-state index in [0.717, 1.165) is 11.1 Å². The van der Waals surface area contributed by atoms with Gasteiger partial charge in [-0.2, -0.15) is 0 Å². The summed E-state index contributed by atoms with van der Waals surface area (Å²) in [5, 5.41) is 0. The molecule has 0 aliphatic carbocycles. The summed E-state index contributed by atoms with van der Waals surface area (Å²) in [6, 6.07) is 3.23. The maximum Gasteiger partial charge on any atom is 0.137 e. The summed E-state index contributed by atoms with van der Waals surface area (Å²) in [7, 11) is 0. The van der Waals surface area contributed by atoms with E-state index in [1.165, 1.54) is 6.07 Å². The van der Waals surface area contributed by atoms with E-state index in [0.29, 0.717) is 17.4 Å². The maximum atomic E-state index is 13.0. The quantitative estimate of drug-likeness (QED) is 0.832. The van der Waals surface area contributed by atoms with Crippen LogP contribution in [0.25, 0.3) is 0 Å². The zero-order chi connectivity index (χ0) is 9.14. The molecule has 0 heterocycles. The zero-order valence-corrected chi connectivity index (χ0v) is 8.49. The molecular weight excluding hydrogens is 221 g/mol. The second-order valence-corrected chi connectivity index (χ2v) is 3.49. The van der Waals surface area contributed by atoms with Crippen LogP contribution in [0.5, 0.6) is 0 Å². The van der Waals surface area contributed by atoms with E-state index in [4.69, 9.17) is 5.73 Å². The van der Waals surface area contributed by atoms with Crippen molar-refractivity contribution in [2.75, 3.05) is 6.54 Å². The van der Waals surface area contributed by atoms with Gasteiger partial charge in [0.2, 0.25) is 0 Å². The molecule has 3 heteroatoms. The van der Waals surface area contributed by atoms with E-state index < -0.39 is 0 Å². The fraction of sp³-hybridized carbons (Fsp3) is 0.333. The normalized spacial score (nSPS) is 10.3. The average Bonchev–Trinajstić information content (AvgIpc) is 2.06. The number of nitrogens with two attached hydrogens (primary N) is 1. The summed E-state index contributed by atoms with van der Waals surface area (Å²) in [4.78, 5) is 0. The van der Waals surface area contributed by atoms with Crippen LogP contribution in [0.15, 0.2) is 16.6 Å². The molecule has 0 spiro atoms. The van der Waals surface area contributed by atoms with Crippen LogP contribution in [0.4, 0.5) is 4.39 Å². The Hall–Kier alpha value is -0.410. The fourth-order valence-electron chi connectivity index (χ4n) is 1.14. The van der Waals surface area contributed by atoms with Gasteiger partial charge in [-0.25, -0.2) is 4.39 Å². The molecule has 2 N–H and O–H groups in total. The molecule has 12 heavy (non-hydrogen) atoms. The van der Waals surface area contributed by atoms with E-state index in [9.17, 15) is 4.39 Å². The van der Waals surface area contributed by atoms with Crippen molar-refractivity contribution in [2.24, 2.45) is 5.73 Å². The molecule has 0 amide bonds. The molecule has 1 aromatic rings. The molecule has 1 aromatic carbocycles. The van der Waals surface area contributed by atoms with E-state index >= 15 is 0 Å². The van der Waals surface area contributed by atoms with Crippen LogP contribution in [0, 0.1) is 12.7 Å². The Morgan fingerprint density at radius 3 is 2.75 bits per heavy atom. The lowest BCUT2D eigenvalue weighted by Crippen LogP contribution is -2.05. The van der Waals surface area contributed by atoms with Gasteiger partial charge >= 0.3 is 0 Å². The highest BCUT2D eigenvalue weighted by molar-refractivity contribution is 9.10. The van der Waals surface area contributed by atoms with Crippen LogP contribution in [-0.4, -0.2) is 6.54 Å². The van der Waals surface area contributed by atoms with Crippen LogP contribution in [0.1, 0.15) is 11.1 Å². The number of halogens is 2. The summed E-state index contributed by atoms with van der Waals surface area (Å²) >= 11 is 3.20. The lowest BCUT2D eigenvalue weighted by atomic mass is 10.1. The highest BCUT2D eigenvalue weighted by Crippen LogP contribution is 2.23. The number of hydrogen-bond donors (Lipinski definition) is 1. The molecule has 0 unspecified atom stereocenters. The molecule has 0 aliphatic heterocycles. The first-order valence-corrected chi connectivity index (χ1v) is 4.59. The van der Waals surface area contributed by atoms with Gasteiger partial charge in [-0.05, 0) is 53.0 Å². The maximum absolute atomic E-state index is 13.0. The van der Waals surface area contributed by atoms with Gasteiger partial charge in [0.15, 0.2) is 0 Å². The van der Waals surface area contributed by atoms with Crippen molar-refractivity contribution in [3.63, 3.8) is 0 Å². The third-order valence-corrected chi connectivity index (χ3v) is 2.68. The Kier molecular flexibility index (Phi) is 3.23. The predicted octanol–water partition coefficient (Wildman–Crippen LogP) is 2.40. The van der Waals surface area contributed by atoms with Gasteiger partial charge in [0.25, 0.3) is 0 Å². The lowest BCUT2D eigenvalue weighted by Gasteiger charge is -2.07. The monoisotopic (exact) mass is 231 g/mol. The highest BCUT2D eigenvalue weighted by Gasteiger charge is 2.07. The molecule has 0 saturated heterocycles. The molecule has 0 bridgehead atoms. The first-order chi connectivity index (χ1) is 5.66. The smallest absolute Gasteiger partial charge is 0.137 e. The van der Waals surface area contributed by atoms with Gasteiger partial charge < -0.3 is 5.73 Å². The Bertz CT molecular complexity index is 286. The van der Waals surface area contributed by atoms with E-state index in [1.54, 1.807) is 6.07 Å². The minimum atomic E-state index is -0.218. The van der Waals surface area contributed by atoms with Gasteiger partial charge in [-0.15, -0.1) is 0 Å². The molecule has 0 aromatic heterocycles. The third kappa shape index (κ3) is 1.84. The van der Waals surface area contributed by atoms with Gasteiger partial charge in [0.1, 0.15) is 5.82 Å². The van der Waals surface area contributed by atoms with Crippen molar-refractivity contribution in [1.29, 1.82) is 0 Å². The summed E-state index contributed by atoms with van der Waals surface area (Å²) in [6.07, 6.45) is 0.712. The molecule has 0 radical (unpaired) electrons. The summed E-state index contributed by atoms with van der Waals surface area (Å²) in [5.74, 6) is -0.218. The predicted molar refractivity (Wildman–Crippen MR) is 51.6 cm³/mol. The van der Waals surface area contributed by atoms with Gasteiger partial charge in [0.05, 0.1) is 4.47 Å². The number of hydrogen-bond acceptors (Lipinski definition) is 1. The van der Waals surface area contributed by atoms with E-state index in [-0.39, 0.29) is 5.82 Å². The Balaban J connectivity index is 3.14. The molecule has 0 atom stereocenters. The molecule has 66 valence electrons. The van der Waals surface area contributed by atoms with Gasteiger partial charge in [-0.3, -0.25) is 0 Å². The molecule has 1 rings (SSSR count). The van der Waals surface area contributed by atoms with Crippen molar-refractivity contribution in [1.82, 2.24) is 0 Å².